The number of esters is 1. The van der Waals surface area contributed by atoms with Gasteiger partial charge in [-0.15, -0.1) is 0 Å². The third-order valence-electron chi connectivity index (χ3n) is 2.24. The minimum absolute atomic E-state index is 0.0119. The number of ether oxygens (including phenoxy) is 2. The molecule has 0 aliphatic carbocycles. The van der Waals surface area contributed by atoms with E-state index in [2.05, 4.69) is 0 Å². The molecule has 0 saturated carbocycles. The molecule has 0 aromatic carbocycles. The van der Waals surface area contributed by atoms with Gasteiger partial charge in [0.25, 0.3) is 0 Å². The Morgan fingerprint density at radius 1 is 1.41 bits per heavy atom. The summed E-state index contributed by atoms with van der Waals surface area (Å²) in [5.74, 6) is -0.309. The normalized spacial score (nSPS) is 13.1. The van der Waals surface area contributed by atoms with Crippen LogP contribution in [0.1, 0.15) is 34.1 Å². The number of carbonyl (C=O) groups excluding carboxylic acids is 1. The Morgan fingerprint density at radius 2 is 2.00 bits per heavy atom. The van der Waals surface area contributed by atoms with Gasteiger partial charge in [-0.3, -0.25) is 4.79 Å². The number of aliphatic hydroxyl groups is 1. The zero-order chi connectivity index (χ0) is 13.5. The van der Waals surface area contributed by atoms with E-state index in [1.807, 2.05) is 33.8 Å². The van der Waals surface area contributed by atoms with Crippen molar-refractivity contribution in [2.45, 2.75) is 40.2 Å². The maximum Gasteiger partial charge on any atom is 0.308 e. The zero-order valence-corrected chi connectivity index (χ0v) is 11.4. The molecule has 1 atom stereocenters. The predicted molar refractivity (Wildman–Crippen MR) is 66.7 cm³/mol. The van der Waals surface area contributed by atoms with E-state index in [-0.39, 0.29) is 31.7 Å². The Bertz CT molecular complexity index is 265. The van der Waals surface area contributed by atoms with Gasteiger partial charge in [-0.2, -0.15) is 0 Å². The first-order valence-corrected chi connectivity index (χ1v) is 5.75. The molecule has 0 fully saturated rings. The van der Waals surface area contributed by atoms with Crippen molar-refractivity contribution in [2.75, 3.05) is 20.3 Å². The van der Waals surface area contributed by atoms with Gasteiger partial charge < -0.3 is 14.6 Å². The maximum absolute atomic E-state index is 11.5. The first-order valence-electron chi connectivity index (χ1n) is 5.75. The van der Waals surface area contributed by atoms with Gasteiger partial charge in [0.2, 0.25) is 0 Å². The fraction of sp³-hybridized carbons (Fsp3) is 0.769. The minimum atomic E-state index is -0.394. The summed E-state index contributed by atoms with van der Waals surface area (Å²) in [6.45, 7) is 7.78. The third kappa shape index (κ3) is 7.94. The molecule has 0 aromatic rings. The minimum Gasteiger partial charge on any atom is -0.465 e. The van der Waals surface area contributed by atoms with Crippen molar-refractivity contribution in [2.24, 2.45) is 5.41 Å². The van der Waals surface area contributed by atoms with Crippen molar-refractivity contribution in [3.63, 3.8) is 0 Å². The second-order valence-corrected chi connectivity index (χ2v) is 5.21. The van der Waals surface area contributed by atoms with E-state index >= 15 is 0 Å². The van der Waals surface area contributed by atoms with E-state index in [0.29, 0.717) is 0 Å². The third-order valence-corrected chi connectivity index (χ3v) is 2.24. The summed E-state index contributed by atoms with van der Waals surface area (Å²) in [4.78, 5) is 11.5. The Labute approximate surface area is 104 Å². The number of allylic oxidation sites excluding steroid dienone is 1. The molecule has 0 spiro atoms. The van der Waals surface area contributed by atoms with Gasteiger partial charge >= 0.3 is 5.97 Å². The van der Waals surface area contributed by atoms with Crippen LogP contribution in [0.2, 0.25) is 0 Å². The molecule has 0 amide bonds. The average Bonchev–Trinajstić information content (AvgIpc) is 2.25. The van der Waals surface area contributed by atoms with Crippen LogP contribution in [0.15, 0.2) is 11.6 Å². The van der Waals surface area contributed by atoms with Crippen LogP contribution in [0.25, 0.3) is 0 Å². The highest BCUT2D eigenvalue weighted by atomic mass is 16.5. The molecule has 0 aliphatic rings. The standard InChI is InChI=1S/C13H24O4/c1-10(2)6-11(16-5)7-12(15)17-9-13(3,4)8-14/h6,11,14H,7-9H2,1-5H3. The number of carbonyl (C=O) groups is 1. The van der Waals surface area contributed by atoms with Gasteiger partial charge in [0.15, 0.2) is 0 Å². The van der Waals surface area contributed by atoms with Crippen molar-refractivity contribution in [3.8, 4) is 0 Å². The molecule has 1 unspecified atom stereocenters. The lowest BCUT2D eigenvalue weighted by molar-refractivity contribution is -0.149. The fourth-order valence-corrected chi connectivity index (χ4v) is 1.13. The summed E-state index contributed by atoms with van der Waals surface area (Å²) >= 11 is 0. The lowest BCUT2D eigenvalue weighted by atomic mass is 9.96. The van der Waals surface area contributed by atoms with E-state index in [1.54, 1.807) is 7.11 Å². The molecule has 0 radical (unpaired) electrons. The smallest absolute Gasteiger partial charge is 0.308 e. The lowest BCUT2D eigenvalue weighted by Crippen LogP contribution is -2.27. The van der Waals surface area contributed by atoms with Crippen LogP contribution in [0.4, 0.5) is 0 Å². The molecular formula is C13H24O4. The van der Waals surface area contributed by atoms with Crippen molar-refractivity contribution >= 4 is 5.97 Å². The molecule has 4 heteroatoms. The predicted octanol–water partition coefficient (Wildman–Crippen LogP) is 1.92. The van der Waals surface area contributed by atoms with Crippen LogP contribution in [0.5, 0.6) is 0 Å². The van der Waals surface area contributed by atoms with Crippen LogP contribution < -0.4 is 0 Å². The molecule has 0 saturated heterocycles. The van der Waals surface area contributed by atoms with Crippen LogP contribution in [0, 0.1) is 5.41 Å². The summed E-state index contributed by atoms with van der Waals surface area (Å²) < 4.78 is 10.3. The molecule has 100 valence electrons. The molecule has 17 heavy (non-hydrogen) atoms. The topological polar surface area (TPSA) is 55.8 Å². The van der Waals surface area contributed by atoms with Crippen LogP contribution in [-0.4, -0.2) is 37.5 Å². The van der Waals surface area contributed by atoms with Crippen molar-refractivity contribution in [1.82, 2.24) is 0 Å². The van der Waals surface area contributed by atoms with Crippen LogP contribution in [-0.2, 0) is 14.3 Å². The van der Waals surface area contributed by atoms with E-state index < -0.39 is 5.41 Å². The summed E-state index contributed by atoms with van der Waals surface area (Å²) in [6.07, 6.45) is 1.84. The van der Waals surface area contributed by atoms with Crippen LogP contribution in [0.3, 0.4) is 0 Å². The van der Waals surface area contributed by atoms with E-state index in [0.717, 1.165) is 5.57 Å². The highest BCUT2D eigenvalue weighted by molar-refractivity contribution is 5.70. The Hall–Kier alpha value is -0.870. The van der Waals surface area contributed by atoms with Crippen LogP contribution >= 0.6 is 0 Å². The highest BCUT2D eigenvalue weighted by Gasteiger charge is 2.20. The zero-order valence-electron chi connectivity index (χ0n) is 11.4. The number of aliphatic hydroxyl groups excluding tert-OH is 1. The second kappa shape index (κ2) is 7.45. The van der Waals surface area contributed by atoms with Gasteiger partial charge in [-0.25, -0.2) is 0 Å². The van der Waals surface area contributed by atoms with Crippen molar-refractivity contribution in [3.05, 3.63) is 11.6 Å². The molecule has 4 nitrogen and oxygen atoms in total. The van der Waals surface area contributed by atoms with Gasteiger partial charge in [0.05, 0.1) is 25.7 Å². The van der Waals surface area contributed by atoms with Gasteiger partial charge in [-0.1, -0.05) is 25.5 Å². The quantitative estimate of drug-likeness (QED) is 0.549. The highest BCUT2D eigenvalue weighted by Crippen LogP contribution is 2.14. The molecule has 0 bridgehead atoms. The first kappa shape index (κ1) is 16.1. The van der Waals surface area contributed by atoms with E-state index in [1.165, 1.54) is 0 Å². The van der Waals surface area contributed by atoms with Gasteiger partial charge in [-0.05, 0) is 13.8 Å². The average molecular weight is 244 g/mol. The lowest BCUT2D eigenvalue weighted by Gasteiger charge is -2.21. The summed E-state index contributed by atoms with van der Waals surface area (Å²) in [5, 5.41) is 9.03. The molecule has 0 rings (SSSR count). The number of methoxy groups -OCH3 is 1. The Balaban J connectivity index is 4.13. The number of hydrogen-bond acceptors (Lipinski definition) is 4. The Morgan fingerprint density at radius 3 is 2.41 bits per heavy atom. The van der Waals surface area contributed by atoms with Gasteiger partial charge in [0, 0.05) is 12.5 Å². The van der Waals surface area contributed by atoms with E-state index in [4.69, 9.17) is 14.6 Å². The molecular weight excluding hydrogens is 220 g/mol. The number of hydrogen-bond donors (Lipinski definition) is 1. The first-order chi connectivity index (χ1) is 7.80. The van der Waals surface area contributed by atoms with Gasteiger partial charge in [0.1, 0.15) is 0 Å². The molecule has 1 N–H and O–H groups in total. The van der Waals surface area contributed by atoms with Crippen molar-refractivity contribution in [1.29, 1.82) is 0 Å². The fourth-order valence-electron chi connectivity index (χ4n) is 1.13. The molecule has 0 heterocycles. The maximum atomic E-state index is 11.5. The molecule has 0 aromatic heterocycles. The molecule has 0 aliphatic heterocycles. The number of rotatable bonds is 7. The monoisotopic (exact) mass is 244 g/mol. The largest absolute Gasteiger partial charge is 0.465 e. The summed E-state index contributed by atoms with van der Waals surface area (Å²) in [5.41, 5.74) is 0.703. The van der Waals surface area contributed by atoms with E-state index in [9.17, 15) is 4.79 Å². The summed E-state index contributed by atoms with van der Waals surface area (Å²) in [7, 11) is 1.56. The van der Waals surface area contributed by atoms with Crippen molar-refractivity contribution < 1.29 is 19.4 Å². The SMILES string of the molecule is COC(C=C(C)C)CC(=O)OCC(C)(C)CO. The summed E-state index contributed by atoms with van der Waals surface area (Å²) in [6, 6.07) is 0. The second-order valence-electron chi connectivity index (χ2n) is 5.21. The Kier molecular flexibility index (Phi) is 7.07.